The van der Waals surface area contributed by atoms with Gasteiger partial charge in [0.1, 0.15) is 6.61 Å². The summed E-state index contributed by atoms with van der Waals surface area (Å²) in [5.41, 5.74) is 4.72. The number of carboxylic acid groups (broad SMARTS) is 1. The van der Waals surface area contributed by atoms with E-state index in [2.05, 4.69) is 34.9 Å². The summed E-state index contributed by atoms with van der Waals surface area (Å²) in [7, 11) is 0. The fraction of sp³-hybridized carbons (Fsp3) is 0.464. The molecule has 2 atom stereocenters. The predicted octanol–water partition coefficient (Wildman–Crippen LogP) is 4.80. The summed E-state index contributed by atoms with van der Waals surface area (Å²) in [4.78, 5) is 35.6. The first-order chi connectivity index (χ1) is 16.8. The monoisotopic (exact) mass is 480 g/mol. The minimum atomic E-state index is -0.856. The van der Waals surface area contributed by atoms with Crippen LogP contribution >= 0.6 is 0 Å². The molecule has 3 N–H and O–H groups in total. The Morgan fingerprint density at radius 3 is 2.11 bits per heavy atom. The van der Waals surface area contributed by atoms with E-state index in [-0.39, 0.29) is 42.6 Å². The summed E-state index contributed by atoms with van der Waals surface area (Å²) in [6.45, 7) is 6.79. The molecule has 0 aliphatic heterocycles. The quantitative estimate of drug-likeness (QED) is 0.378. The molecule has 2 amide bonds. The Balaban J connectivity index is 1.37. The molecular weight excluding hydrogens is 444 g/mol. The van der Waals surface area contributed by atoms with E-state index in [9.17, 15) is 14.4 Å². The van der Waals surface area contributed by atoms with E-state index in [1.54, 1.807) is 0 Å². The summed E-state index contributed by atoms with van der Waals surface area (Å²) in [5.74, 6) is -1.08. The van der Waals surface area contributed by atoms with Crippen LogP contribution in [-0.4, -0.2) is 42.8 Å². The average Bonchev–Trinajstić information content (AvgIpc) is 3.16. The van der Waals surface area contributed by atoms with Crippen molar-refractivity contribution in [2.24, 2.45) is 17.8 Å². The van der Waals surface area contributed by atoms with Crippen LogP contribution in [0.1, 0.15) is 57.1 Å². The Bertz CT molecular complexity index is 990. The highest BCUT2D eigenvalue weighted by Crippen LogP contribution is 2.44. The number of fused-ring (bicyclic) bond motifs is 3. The van der Waals surface area contributed by atoms with E-state index >= 15 is 0 Å². The van der Waals surface area contributed by atoms with Crippen molar-refractivity contribution in [2.45, 2.75) is 46.0 Å². The number of carboxylic acids is 1. The van der Waals surface area contributed by atoms with Crippen molar-refractivity contribution >= 4 is 18.0 Å². The van der Waals surface area contributed by atoms with Crippen molar-refractivity contribution < 1.29 is 24.2 Å². The van der Waals surface area contributed by atoms with Crippen LogP contribution in [0, 0.1) is 17.8 Å². The average molecular weight is 481 g/mol. The number of carbonyl (C=O) groups is 3. The number of aliphatic carboxylic acids is 1. The van der Waals surface area contributed by atoms with Crippen LogP contribution in [0.2, 0.25) is 0 Å². The summed E-state index contributed by atoms with van der Waals surface area (Å²) >= 11 is 0. The van der Waals surface area contributed by atoms with Gasteiger partial charge in [-0.05, 0) is 46.9 Å². The normalized spacial score (nSPS) is 14.1. The lowest BCUT2D eigenvalue weighted by Gasteiger charge is -2.21. The summed E-state index contributed by atoms with van der Waals surface area (Å²) < 4.78 is 5.54. The van der Waals surface area contributed by atoms with Gasteiger partial charge in [-0.2, -0.15) is 0 Å². The highest BCUT2D eigenvalue weighted by molar-refractivity contribution is 5.79. The summed E-state index contributed by atoms with van der Waals surface area (Å²) in [6, 6.07) is 16.4. The predicted molar refractivity (Wildman–Crippen MR) is 135 cm³/mol. The lowest BCUT2D eigenvalue weighted by molar-refractivity contribution is -0.138. The van der Waals surface area contributed by atoms with Gasteiger partial charge in [0, 0.05) is 24.9 Å². The molecule has 0 saturated carbocycles. The first-order valence-electron chi connectivity index (χ1n) is 12.4. The van der Waals surface area contributed by atoms with Gasteiger partial charge in [0.25, 0.3) is 0 Å². The molecule has 2 unspecified atom stereocenters. The lowest BCUT2D eigenvalue weighted by atomic mass is 9.92. The van der Waals surface area contributed by atoms with Gasteiger partial charge in [-0.1, -0.05) is 69.3 Å². The molecule has 2 aromatic carbocycles. The van der Waals surface area contributed by atoms with Crippen LogP contribution in [0.4, 0.5) is 4.79 Å². The Kier molecular flexibility index (Phi) is 9.29. The van der Waals surface area contributed by atoms with E-state index < -0.39 is 12.1 Å². The number of hydrogen-bond donors (Lipinski definition) is 3. The van der Waals surface area contributed by atoms with Crippen LogP contribution in [0.15, 0.2) is 48.5 Å². The second-order valence-electron chi connectivity index (χ2n) is 9.64. The maximum atomic E-state index is 12.4. The SMILES string of the molecule is CC(CCCNC(=O)OCC1c2ccccc2-c2ccccc21)C(=O)NCC(CC(=O)O)C(C)C. The van der Waals surface area contributed by atoms with Gasteiger partial charge in [-0.25, -0.2) is 4.79 Å². The van der Waals surface area contributed by atoms with E-state index in [1.807, 2.05) is 45.0 Å². The molecule has 188 valence electrons. The molecule has 35 heavy (non-hydrogen) atoms. The zero-order chi connectivity index (χ0) is 25.4. The van der Waals surface area contributed by atoms with Gasteiger partial charge in [0.2, 0.25) is 5.91 Å². The molecule has 3 rings (SSSR count). The van der Waals surface area contributed by atoms with Crippen LogP contribution in [0.3, 0.4) is 0 Å². The van der Waals surface area contributed by atoms with Crippen LogP contribution in [0.5, 0.6) is 0 Å². The van der Waals surface area contributed by atoms with Gasteiger partial charge in [-0.3, -0.25) is 9.59 Å². The number of nitrogens with one attached hydrogen (secondary N) is 2. The van der Waals surface area contributed by atoms with Crippen LogP contribution < -0.4 is 10.6 Å². The molecule has 0 bridgehead atoms. The third-order valence-electron chi connectivity index (χ3n) is 6.79. The third-order valence-corrected chi connectivity index (χ3v) is 6.79. The van der Waals surface area contributed by atoms with Gasteiger partial charge in [0.05, 0.1) is 6.42 Å². The Labute approximate surface area is 207 Å². The van der Waals surface area contributed by atoms with Gasteiger partial charge >= 0.3 is 12.1 Å². The number of ether oxygens (including phenoxy) is 1. The van der Waals surface area contributed by atoms with Gasteiger partial charge in [0.15, 0.2) is 0 Å². The molecule has 0 heterocycles. The van der Waals surface area contributed by atoms with Crippen molar-refractivity contribution in [3.05, 3.63) is 59.7 Å². The van der Waals surface area contributed by atoms with E-state index in [1.165, 1.54) is 22.3 Å². The Hall–Kier alpha value is -3.35. The van der Waals surface area contributed by atoms with Crippen molar-refractivity contribution in [2.75, 3.05) is 19.7 Å². The standard InChI is InChI=1S/C28H36N2O5/c1-18(2)20(15-26(31)32)16-30-27(33)19(3)9-8-14-29-28(34)35-17-25-23-12-6-4-10-21(23)22-11-5-7-13-24(22)25/h4-7,10-13,18-20,25H,8-9,14-17H2,1-3H3,(H,29,34)(H,30,33)(H,31,32). The molecule has 0 spiro atoms. The van der Waals surface area contributed by atoms with Crippen molar-refractivity contribution in [3.8, 4) is 11.1 Å². The number of hydrogen-bond acceptors (Lipinski definition) is 4. The molecule has 0 saturated heterocycles. The highest BCUT2D eigenvalue weighted by Gasteiger charge is 2.29. The third kappa shape index (κ3) is 7.07. The number of rotatable bonds is 12. The fourth-order valence-corrected chi connectivity index (χ4v) is 4.55. The second kappa shape index (κ2) is 12.4. The molecule has 2 aromatic rings. The minimum Gasteiger partial charge on any atom is -0.481 e. The largest absolute Gasteiger partial charge is 0.481 e. The fourth-order valence-electron chi connectivity index (χ4n) is 4.55. The molecule has 7 nitrogen and oxygen atoms in total. The number of benzene rings is 2. The minimum absolute atomic E-state index is 0.0210. The summed E-state index contributed by atoms with van der Waals surface area (Å²) in [5, 5.41) is 14.7. The van der Waals surface area contributed by atoms with Crippen LogP contribution in [-0.2, 0) is 14.3 Å². The lowest BCUT2D eigenvalue weighted by Crippen LogP contribution is -2.36. The van der Waals surface area contributed by atoms with E-state index in [0.29, 0.717) is 25.9 Å². The molecule has 1 aliphatic carbocycles. The highest BCUT2D eigenvalue weighted by atomic mass is 16.5. The number of alkyl carbamates (subject to hydrolysis) is 1. The number of amides is 2. The van der Waals surface area contributed by atoms with E-state index in [0.717, 1.165) is 0 Å². The maximum Gasteiger partial charge on any atom is 0.407 e. The molecule has 0 aromatic heterocycles. The second-order valence-corrected chi connectivity index (χ2v) is 9.64. The topological polar surface area (TPSA) is 105 Å². The Morgan fingerprint density at radius 1 is 0.943 bits per heavy atom. The van der Waals surface area contributed by atoms with Crippen molar-refractivity contribution in [1.82, 2.24) is 10.6 Å². The maximum absolute atomic E-state index is 12.4. The van der Waals surface area contributed by atoms with Gasteiger partial charge < -0.3 is 20.5 Å². The molecule has 7 heteroatoms. The van der Waals surface area contributed by atoms with Gasteiger partial charge in [-0.15, -0.1) is 0 Å². The smallest absolute Gasteiger partial charge is 0.407 e. The molecular formula is C28H36N2O5. The van der Waals surface area contributed by atoms with Crippen molar-refractivity contribution in [1.29, 1.82) is 0 Å². The Morgan fingerprint density at radius 2 is 1.54 bits per heavy atom. The summed E-state index contributed by atoms with van der Waals surface area (Å²) in [6.07, 6.45) is 0.830. The zero-order valence-electron chi connectivity index (χ0n) is 20.8. The number of carbonyl (C=O) groups excluding carboxylic acids is 2. The molecule has 0 radical (unpaired) electrons. The van der Waals surface area contributed by atoms with Crippen LogP contribution in [0.25, 0.3) is 11.1 Å². The molecule has 0 fully saturated rings. The first-order valence-corrected chi connectivity index (χ1v) is 12.4. The van der Waals surface area contributed by atoms with Crippen molar-refractivity contribution in [3.63, 3.8) is 0 Å². The first kappa shape index (κ1) is 26.3. The zero-order valence-corrected chi connectivity index (χ0v) is 20.8. The molecule has 1 aliphatic rings. The van der Waals surface area contributed by atoms with E-state index in [4.69, 9.17) is 9.84 Å².